The summed E-state index contributed by atoms with van der Waals surface area (Å²) in [7, 11) is 0. The van der Waals surface area contributed by atoms with E-state index in [9.17, 15) is 4.79 Å². The van der Waals surface area contributed by atoms with E-state index in [-0.39, 0.29) is 24.1 Å². The summed E-state index contributed by atoms with van der Waals surface area (Å²) in [6.45, 7) is 4.08. The predicted molar refractivity (Wildman–Crippen MR) is 89.5 cm³/mol. The van der Waals surface area contributed by atoms with Gasteiger partial charge < -0.3 is 15.5 Å². The van der Waals surface area contributed by atoms with Crippen LogP contribution in [0.4, 0.5) is 0 Å². The summed E-state index contributed by atoms with van der Waals surface area (Å²) < 4.78 is 7.28. The van der Waals surface area contributed by atoms with Gasteiger partial charge in [-0.2, -0.15) is 0 Å². The molecule has 0 aliphatic carbocycles. The highest BCUT2D eigenvalue weighted by Crippen LogP contribution is 2.30. The number of furan rings is 1. The van der Waals surface area contributed by atoms with Gasteiger partial charge in [0.15, 0.2) is 5.76 Å². The third kappa shape index (κ3) is 4.22. The van der Waals surface area contributed by atoms with Crippen molar-refractivity contribution < 1.29 is 9.21 Å². The molecule has 1 heterocycles. The van der Waals surface area contributed by atoms with Gasteiger partial charge in [0.05, 0.1) is 4.47 Å². The molecule has 3 N–H and O–H groups in total. The van der Waals surface area contributed by atoms with Crippen LogP contribution in [-0.2, 0) is 0 Å². The Balaban J connectivity index is 0.00000200. The molecule has 0 saturated carbocycles. The van der Waals surface area contributed by atoms with Crippen LogP contribution in [0.1, 0.15) is 24.4 Å². The van der Waals surface area contributed by atoms with E-state index >= 15 is 0 Å². The average molecular weight is 427 g/mol. The van der Waals surface area contributed by atoms with Crippen molar-refractivity contribution in [1.29, 1.82) is 0 Å². The van der Waals surface area contributed by atoms with Crippen molar-refractivity contribution in [2.75, 3.05) is 6.54 Å². The second kappa shape index (κ2) is 6.47. The summed E-state index contributed by atoms with van der Waals surface area (Å²) in [4.78, 5) is 12.0. The lowest BCUT2D eigenvalue weighted by Crippen LogP contribution is -2.45. The van der Waals surface area contributed by atoms with Gasteiger partial charge in [-0.15, -0.1) is 12.4 Å². The van der Waals surface area contributed by atoms with Crippen molar-refractivity contribution in [1.82, 2.24) is 5.32 Å². The Kier molecular flexibility index (Phi) is 5.66. The van der Waals surface area contributed by atoms with Crippen LogP contribution in [0.25, 0.3) is 11.0 Å². The number of hydrogen-bond donors (Lipinski definition) is 2. The molecule has 0 fully saturated rings. The first-order valence-electron chi connectivity index (χ1n) is 5.72. The summed E-state index contributed by atoms with van der Waals surface area (Å²) >= 11 is 6.80. The van der Waals surface area contributed by atoms with Crippen LogP contribution >= 0.6 is 44.3 Å². The third-order valence-corrected chi connectivity index (χ3v) is 3.51. The zero-order chi connectivity index (χ0) is 14.2. The monoisotopic (exact) mass is 424 g/mol. The molecular weight excluding hydrogens is 411 g/mol. The molecule has 0 saturated heterocycles. The van der Waals surface area contributed by atoms with E-state index < -0.39 is 5.54 Å². The molecule has 0 atom stereocenters. The lowest BCUT2D eigenvalue weighted by atomic mass is 10.1. The number of nitrogens with one attached hydrogen (secondary N) is 1. The zero-order valence-corrected chi connectivity index (χ0v) is 15.0. The molecule has 0 bridgehead atoms. The van der Waals surface area contributed by atoms with Crippen LogP contribution in [0.15, 0.2) is 31.6 Å². The first kappa shape index (κ1) is 17.5. The van der Waals surface area contributed by atoms with Gasteiger partial charge in [0.1, 0.15) is 5.58 Å². The Morgan fingerprint density at radius 3 is 2.60 bits per heavy atom. The van der Waals surface area contributed by atoms with Crippen LogP contribution in [0.5, 0.6) is 0 Å². The fourth-order valence-electron chi connectivity index (χ4n) is 1.58. The highest BCUT2D eigenvalue weighted by atomic mass is 79.9. The molecule has 1 aromatic carbocycles. The number of fused-ring (bicyclic) bond motifs is 1. The molecule has 0 unspecified atom stereocenters. The average Bonchev–Trinajstić information content (AvgIpc) is 2.68. The van der Waals surface area contributed by atoms with Gasteiger partial charge in [-0.05, 0) is 48.0 Å². The maximum Gasteiger partial charge on any atom is 0.287 e. The van der Waals surface area contributed by atoms with Crippen molar-refractivity contribution in [2.45, 2.75) is 19.4 Å². The molecular formula is C13H15Br2ClN2O2. The summed E-state index contributed by atoms with van der Waals surface area (Å²) in [6, 6.07) is 5.48. The van der Waals surface area contributed by atoms with E-state index in [2.05, 4.69) is 37.2 Å². The van der Waals surface area contributed by atoms with Crippen LogP contribution in [0.2, 0.25) is 0 Å². The molecule has 0 aliphatic heterocycles. The normalized spacial score (nSPS) is 11.2. The van der Waals surface area contributed by atoms with Gasteiger partial charge in [0.25, 0.3) is 5.91 Å². The Morgan fingerprint density at radius 1 is 1.35 bits per heavy atom. The molecule has 1 amide bonds. The Labute approximate surface area is 140 Å². The maximum absolute atomic E-state index is 12.0. The van der Waals surface area contributed by atoms with E-state index in [0.29, 0.717) is 12.1 Å². The van der Waals surface area contributed by atoms with Crippen molar-refractivity contribution in [3.05, 3.63) is 32.9 Å². The molecule has 1 aromatic heterocycles. The predicted octanol–water partition coefficient (Wildman–Crippen LogP) is 3.85. The number of carbonyl (C=O) groups excluding carboxylic acids is 1. The number of rotatable bonds is 3. The number of halogens is 3. The molecule has 0 radical (unpaired) electrons. The SMILES string of the molecule is CC(C)(N)CNC(=O)c1cc2cc(Br)cc(Br)c2o1.Cl. The first-order valence-corrected chi connectivity index (χ1v) is 7.30. The molecule has 0 spiro atoms. The van der Waals surface area contributed by atoms with Gasteiger partial charge in [0, 0.05) is 21.9 Å². The van der Waals surface area contributed by atoms with Gasteiger partial charge in [-0.1, -0.05) is 15.9 Å². The lowest BCUT2D eigenvalue weighted by molar-refractivity contribution is 0.0920. The molecule has 110 valence electrons. The highest BCUT2D eigenvalue weighted by Gasteiger charge is 2.17. The van der Waals surface area contributed by atoms with Crippen LogP contribution in [0, 0.1) is 0 Å². The Hall–Kier alpha value is -0.560. The summed E-state index contributed by atoms with van der Waals surface area (Å²) in [5.74, 6) is 0.01000. The molecule has 2 rings (SSSR count). The second-order valence-corrected chi connectivity index (χ2v) is 6.86. The van der Waals surface area contributed by atoms with E-state index in [4.69, 9.17) is 10.2 Å². The molecule has 4 nitrogen and oxygen atoms in total. The van der Waals surface area contributed by atoms with Gasteiger partial charge in [0.2, 0.25) is 0 Å². The van der Waals surface area contributed by atoms with Crippen molar-refractivity contribution >= 4 is 61.1 Å². The summed E-state index contributed by atoms with van der Waals surface area (Å²) in [5.41, 5.74) is 6.02. The summed E-state index contributed by atoms with van der Waals surface area (Å²) in [6.07, 6.45) is 0. The lowest BCUT2D eigenvalue weighted by Gasteiger charge is -2.18. The van der Waals surface area contributed by atoms with E-state index in [0.717, 1.165) is 14.3 Å². The maximum atomic E-state index is 12.0. The van der Waals surface area contributed by atoms with E-state index in [1.807, 2.05) is 26.0 Å². The van der Waals surface area contributed by atoms with E-state index in [1.165, 1.54) is 0 Å². The van der Waals surface area contributed by atoms with Crippen molar-refractivity contribution in [2.24, 2.45) is 5.73 Å². The minimum Gasteiger partial charge on any atom is -0.450 e. The van der Waals surface area contributed by atoms with Gasteiger partial charge in [-0.25, -0.2) is 0 Å². The number of amides is 1. The third-order valence-electron chi connectivity index (χ3n) is 2.46. The van der Waals surface area contributed by atoms with Crippen molar-refractivity contribution in [3.8, 4) is 0 Å². The largest absolute Gasteiger partial charge is 0.450 e. The summed E-state index contributed by atoms with van der Waals surface area (Å²) in [5, 5.41) is 3.61. The van der Waals surface area contributed by atoms with Crippen LogP contribution in [0.3, 0.4) is 0 Å². The van der Waals surface area contributed by atoms with E-state index in [1.54, 1.807) is 6.07 Å². The fourth-order valence-corrected chi connectivity index (χ4v) is 2.92. The standard InChI is InChI=1S/C13H14Br2N2O2.ClH/c1-13(2,16)6-17-12(18)10-4-7-3-8(14)5-9(15)11(7)19-10;/h3-5H,6,16H2,1-2H3,(H,17,18);1H. The zero-order valence-electron chi connectivity index (χ0n) is 11.0. The number of nitrogens with two attached hydrogens (primary N) is 1. The molecule has 7 heteroatoms. The van der Waals surface area contributed by atoms with Gasteiger partial charge in [-0.3, -0.25) is 4.79 Å². The van der Waals surface area contributed by atoms with Crippen molar-refractivity contribution in [3.63, 3.8) is 0 Å². The quantitative estimate of drug-likeness (QED) is 0.784. The van der Waals surface area contributed by atoms with Crippen LogP contribution < -0.4 is 11.1 Å². The molecule has 2 aromatic rings. The minimum absolute atomic E-state index is 0. The number of hydrogen-bond acceptors (Lipinski definition) is 3. The van der Waals surface area contributed by atoms with Gasteiger partial charge >= 0.3 is 0 Å². The smallest absolute Gasteiger partial charge is 0.287 e. The number of benzene rings is 1. The Bertz CT molecular complexity index is 635. The fraction of sp³-hybridized carbons (Fsp3) is 0.308. The highest BCUT2D eigenvalue weighted by molar-refractivity contribution is 9.11. The Morgan fingerprint density at radius 2 is 2.00 bits per heavy atom. The second-order valence-electron chi connectivity index (χ2n) is 5.09. The number of carbonyl (C=O) groups is 1. The van der Waals surface area contributed by atoms with Crippen LogP contribution in [-0.4, -0.2) is 18.0 Å². The molecule has 20 heavy (non-hydrogen) atoms. The molecule has 0 aliphatic rings. The topological polar surface area (TPSA) is 68.3 Å². The first-order chi connectivity index (χ1) is 8.76. The minimum atomic E-state index is -0.453.